The summed E-state index contributed by atoms with van der Waals surface area (Å²) in [7, 11) is 0. The Morgan fingerprint density at radius 2 is 1.61 bits per heavy atom. The van der Waals surface area contributed by atoms with Gasteiger partial charge in [-0.3, -0.25) is 4.79 Å². The zero-order chi connectivity index (χ0) is 21.2. The second-order valence-corrected chi connectivity index (χ2v) is 7.81. The van der Waals surface area contributed by atoms with Gasteiger partial charge in [-0.1, -0.05) is 18.2 Å². The molecule has 0 unspecified atom stereocenters. The van der Waals surface area contributed by atoms with Crippen molar-refractivity contribution in [2.24, 2.45) is 0 Å². The number of rotatable bonds is 5. The first-order valence-electron chi connectivity index (χ1n) is 10.6. The summed E-state index contributed by atoms with van der Waals surface area (Å²) in [6, 6.07) is 21.4. The molecule has 6 nitrogen and oxygen atoms in total. The van der Waals surface area contributed by atoms with Crippen molar-refractivity contribution >= 4 is 44.9 Å². The summed E-state index contributed by atoms with van der Waals surface area (Å²) in [6.45, 7) is 5.14. The summed E-state index contributed by atoms with van der Waals surface area (Å²) in [5.41, 5.74) is 4.51. The van der Waals surface area contributed by atoms with Crippen LogP contribution in [0.2, 0.25) is 0 Å². The molecule has 1 amide bonds. The van der Waals surface area contributed by atoms with E-state index in [0.717, 1.165) is 65.3 Å². The summed E-state index contributed by atoms with van der Waals surface area (Å²) in [5, 5.41) is 8.39. The molecule has 0 bridgehead atoms. The molecule has 1 saturated heterocycles. The summed E-state index contributed by atoms with van der Waals surface area (Å²) >= 11 is 0. The SMILES string of the molecule is C[C@H](Nc1ccc2oc3ccccc3c2c1)C(=O)Nc1ccc(N2CCOCC2)cc1. The molecular formula is C25H25N3O3. The van der Waals surface area contributed by atoms with Gasteiger partial charge in [-0.05, 0) is 55.5 Å². The van der Waals surface area contributed by atoms with Crippen LogP contribution < -0.4 is 15.5 Å². The van der Waals surface area contributed by atoms with Crippen LogP contribution in [-0.2, 0) is 9.53 Å². The Labute approximate surface area is 180 Å². The highest BCUT2D eigenvalue weighted by Crippen LogP contribution is 2.30. The average molecular weight is 415 g/mol. The third-order valence-electron chi connectivity index (χ3n) is 5.66. The quantitative estimate of drug-likeness (QED) is 0.487. The Morgan fingerprint density at radius 3 is 2.42 bits per heavy atom. The number of carbonyl (C=O) groups is 1. The highest BCUT2D eigenvalue weighted by molar-refractivity contribution is 6.06. The lowest BCUT2D eigenvalue weighted by atomic mass is 10.1. The van der Waals surface area contributed by atoms with E-state index < -0.39 is 6.04 Å². The van der Waals surface area contributed by atoms with Crippen molar-refractivity contribution in [3.63, 3.8) is 0 Å². The molecule has 1 aromatic heterocycles. The number of amides is 1. The van der Waals surface area contributed by atoms with E-state index in [1.807, 2.05) is 73.7 Å². The Balaban J connectivity index is 1.25. The van der Waals surface area contributed by atoms with Crippen molar-refractivity contribution in [3.8, 4) is 0 Å². The normalized spacial score (nSPS) is 15.2. The van der Waals surface area contributed by atoms with Crippen LogP contribution in [0.3, 0.4) is 0 Å². The van der Waals surface area contributed by atoms with Gasteiger partial charge in [-0.25, -0.2) is 0 Å². The maximum absolute atomic E-state index is 12.7. The molecule has 2 N–H and O–H groups in total. The van der Waals surface area contributed by atoms with E-state index in [4.69, 9.17) is 9.15 Å². The molecule has 1 aliphatic rings. The molecule has 0 aliphatic carbocycles. The van der Waals surface area contributed by atoms with Crippen molar-refractivity contribution in [2.75, 3.05) is 41.8 Å². The molecule has 31 heavy (non-hydrogen) atoms. The van der Waals surface area contributed by atoms with E-state index in [9.17, 15) is 4.79 Å². The number of nitrogens with zero attached hydrogens (tertiary/aromatic N) is 1. The Hall–Kier alpha value is -3.51. The molecule has 5 rings (SSSR count). The van der Waals surface area contributed by atoms with Crippen molar-refractivity contribution in [1.29, 1.82) is 0 Å². The van der Waals surface area contributed by atoms with Crippen LogP contribution in [0.4, 0.5) is 17.1 Å². The molecule has 2 heterocycles. The number of hydrogen-bond donors (Lipinski definition) is 2. The third kappa shape index (κ3) is 4.07. The lowest BCUT2D eigenvalue weighted by Crippen LogP contribution is -2.36. The second-order valence-electron chi connectivity index (χ2n) is 7.81. The van der Waals surface area contributed by atoms with Gasteiger partial charge in [0.2, 0.25) is 5.91 Å². The molecule has 4 aromatic rings. The summed E-state index contributed by atoms with van der Waals surface area (Å²) < 4.78 is 11.3. The highest BCUT2D eigenvalue weighted by atomic mass is 16.5. The summed E-state index contributed by atoms with van der Waals surface area (Å²) in [5.74, 6) is -0.0868. The average Bonchev–Trinajstić information content (AvgIpc) is 3.18. The third-order valence-corrected chi connectivity index (χ3v) is 5.66. The van der Waals surface area contributed by atoms with E-state index in [1.54, 1.807) is 0 Å². The van der Waals surface area contributed by atoms with E-state index >= 15 is 0 Å². The minimum absolute atomic E-state index is 0.0868. The number of ether oxygens (including phenoxy) is 1. The van der Waals surface area contributed by atoms with Crippen LogP contribution in [0.25, 0.3) is 21.9 Å². The van der Waals surface area contributed by atoms with Gasteiger partial charge in [0.1, 0.15) is 17.2 Å². The minimum Gasteiger partial charge on any atom is -0.456 e. The number of fused-ring (bicyclic) bond motifs is 3. The van der Waals surface area contributed by atoms with Crippen molar-refractivity contribution in [1.82, 2.24) is 0 Å². The largest absolute Gasteiger partial charge is 0.456 e. The maximum Gasteiger partial charge on any atom is 0.246 e. The van der Waals surface area contributed by atoms with Gasteiger partial charge in [0, 0.05) is 40.9 Å². The molecule has 0 saturated carbocycles. The Morgan fingerprint density at radius 1 is 0.903 bits per heavy atom. The standard InChI is InChI=1S/C25H25N3O3/c1-17(25(29)27-18-6-9-20(10-7-18)28-12-14-30-15-13-28)26-19-8-11-24-22(16-19)21-4-2-3-5-23(21)31-24/h2-11,16-17,26H,12-15H2,1H3,(H,27,29)/t17-/m0/s1. The van der Waals surface area contributed by atoms with Crippen molar-refractivity contribution in [3.05, 3.63) is 66.7 Å². The lowest BCUT2D eigenvalue weighted by Gasteiger charge is -2.29. The molecule has 6 heteroatoms. The molecular weight excluding hydrogens is 390 g/mol. The monoisotopic (exact) mass is 415 g/mol. The van der Waals surface area contributed by atoms with Gasteiger partial charge in [-0.15, -0.1) is 0 Å². The predicted molar refractivity (Wildman–Crippen MR) is 125 cm³/mol. The fourth-order valence-corrected chi connectivity index (χ4v) is 3.96. The number of para-hydroxylation sites is 1. The first-order chi connectivity index (χ1) is 15.2. The number of benzene rings is 3. The number of morpholine rings is 1. The fraction of sp³-hybridized carbons (Fsp3) is 0.240. The number of furan rings is 1. The molecule has 158 valence electrons. The van der Waals surface area contributed by atoms with E-state index in [2.05, 4.69) is 15.5 Å². The number of hydrogen-bond acceptors (Lipinski definition) is 5. The topological polar surface area (TPSA) is 66.7 Å². The van der Waals surface area contributed by atoms with Gasteiger partial charge in [0.15, 0.2) is 0 Å². The Kier molecular flexibility index (Phi) is 5.22. The van der Waals surface area contributed by atoms with E-state index in [-0.39, 0.29) is 5.91 Å². The van der Waals surface area contributed by atoms with Gasteiger partial charge < -0.3 is 24.7 Å². The second kappa shape index (κ2) is 8.32. The zero-order valence-electron chi connectivity index (χ0n) is 17.4. The molecule has 1 aliphatic heterocycles. The summed E-state index contributed by atoms with van der Waals surface area (Å²) in [4.78, 5) is 15.0. The molecule has 3 aromatic carbocycles. The van der Waals surface area contributed by atoms with E-state index in [1.165, 1.54) is 0 Å². The first-order valence-corrected chi connectivity index (χ1v) is 10.6. The molecule has 1 atom stereocenters. The van der Waals surface area contributed by atoms with Crippen LogP contribution >= 0.6 is 0 Å². The van der Waals surface area contributed by atoms with E-state index in [0.29, 0.717) is 0 Å². The molecule has 1 fully saturated rings. The summed E-state index contributed by atoms with van der Waals surface area (Å²) in [6.07, 6.45) is 0. The van der Waals surface area contributed by atoms with Crippen LogP contribution in [-0.4, -0.2) is 38.3 Å². The van der Waals surface area contributed by atoms with Crippen molar-refractivity contribution in [2.45, 2.75) is 13.0 Å². The highest BCUT2D eigenvalue weighted by Gasteiger charge is 2.15. The number of anilines is 3. The van der Waals surface area contributed by atoms with Gasteiger partial charge in [0.05, 0.1) is 13.2 Å². The Bertz CT molecular complexity index is 1210. The maximum atomic E-state index is 12.7. The first kappa shape index (κ1) is 19.5. The van der Waals surface area contributed by atoms with Crippen LogP contribution in [0.1, 0.15) is 6.92 Å². The zero-order valence-corrected chi connectivity index (χ0v) is 17.4. The number of nitrogens with one attached hydrogen (secondary N) is 2. The van der Waals surface area contributed by atoms with Gasteiger partial charge in [0.25, 0.3) is 0 Å². The minimum atomic E-state index is -0.394. The smallest absolute Gasteiger partial charge is 0.246 e. The van der Waals surface area contributed by atoms with Gasteiger partial charge in [-0.2, -0.15) is 0 Å². The number of carbonyl (C=O) groups excluding carboxylic acids is 1. The fourth-order valence-electron chi connectivity index (χ4n) is 3.96. The molecule has 0 spiro atoms. The molecule has 0 radical (unpaired) electrons. The van der Waals surface area contributed by atoms with Gasteiger partial charge >= 0.3 is 0 Å². The van der Waals surface area contributed by atoms with Crippen LogP contribution in [0.15, 0.2) is 71.1 Å². The van der Waals surface area contributed by atoms with Crippen molar-refractivity contribution < 1.29 is 13.9 Å². The van der Waals surface area contributed by atoms with Crippen LogP contribution in [0, 0.1) is 0 Å². The lowest BCUT2D eigenvalue weighted by molar-refractivity contribution is -0.116. The van der Waals surface area contributed by atoms with Crippen LogP contribution in [0.5, 0.6) is 0 Å². The predicted octanol–water partition coefficient (Wildman–Crippen LogP) is 4.86.